The highest BCUT2D eigenvalue weighted by Gasteiger charge is 2.25. The minimum absolute atomic E-state index is 0.0811. The first-order valence-corrected chi connectivity index (χ1v) is 8.69. The predicted molar refractivity (Wildman–Crippen MR) is 96.8 cm³/mol. The number of nitrogens with one attached hydrogen (secondary N) is 1. The van der Waals surface area contributed by atoms with Gasteiger partial charge in [-0.1, -0.05) is 30.3 Å². The summed E-state index contributed by atoms with van der Waals surface area (Å²) >= 11 is 0. The van der Waals surface area contributed by atoms with Gasteiger partial charge in [0.2, 0.25) is 0 Å². The van der Waals surface area contributed by atoms with Gasteiger partial charge < -0.3 is 15.0 Å². The Bertz CT molecular complexity index is 753. The highest BCUT2D eigenvalue weighted by Crippen LogP contribution is 2.28. The van der Waals surface area contributed by atoms with Crippen molar-refractivity contribution in [3.05, 3.63) is 59.7 Å². The number of piperidine rings is 1. The molecule has 0 aromatic heterocycles. The second-order valence-corrected chi connectivity index (χ2v) is 6.48. The van der Waals surface area contributed by atoms with Crippen LogP contribution in [-0.2, 0) is 0 Å². The summed E-state index contributed by atoms with van der Waals surface area (Å²) in [5, 5.41) is 2.88. The summed E-state index contributed by atoms with van der Waals surface area (Å²) in [4.78, 5) is 14.4. The van der Waals surface area contributed by atoms with Crippen molar-refractivity contribution >= 4 is 11.7 Å². The van der Waals surface area contributed by atoms with Gasteiger partial charge in [0.05, 0.1) is 0 Å². The van der Waals surface area contributed by atoms with Crippen molar-refractivity contribution in [1.29, 1.82) is 0 Å². The average Bonchev–Trinajstić information content (AvgIpc) is 2.64. The molecule has 1 aliphatic rings. The average molecular weight is 360 g/mol. The monoisotopic (exact) mass is 360 g/mol. The fourth-order valence-corrected chi connectivity index (χ4v) is 3.31. The Morgan fingerprint density at radius 2 is 2.00 bits per heavy atom. The lowest BCUT2D eigenvalue weighted by atomic mass is 9.91. The van der Waals surface area contributed by atoms with Gasteiger partial charge >= 0.3 is 12.6 Å². The number of aryl methyl sites for hydroxylation is 1. The number of ether oxygens (including phenoxy) is 1. The van der Waals surface area contributed by atoms with Crippen molar-refractivity contribution in [3.63, 3.8) is 0 Å². The van der Waals surface area contributed by atoms with Crippen LogP contribution >= 0.6 is 0 Å². The number of anilines is 1. The van der Waals surface area contributed by atoms with Gasteiger partial charge in [0, 0.05) is 24.7 Å². The van der Waals surface area contributed by atoms with E-state index >= 15 is 0 Å². The lowest BCUT2D eigenvalue weighted by molar-refractivity contribution is -0.0498. The van der Waals surface area contributed by atoms with E-state index < -0.39 is 6.61 Å². The Kier molecular flexibility index (Phi) is 5.71. The number of benzene rings is 2. The Morgan fingerprint density at radius 3 is 2.69 bits per heavy atom. The quantitative estimate of drug-likeness (QED) is 0.833. The minimum Gasteiger partial charge on any atom is -0.435 e. The van der Waals surface area contributed by atoms with Crippen molar-refractivity contribution in [2.45, 2.75) is 32.3 Å². The molecular weight excluding hydrogens is 338 g/mol. The molecule has 1 atom stereocenters. The maximum atomic E-state index is 12.6. The topological polar surface area (TPSA) is 41.6 Å². The van der Waals surface area contributed by atoms with E-state index in [-0.39, 0.29) is 11.8 Å². The SMILES string of the molecule is Cc1cc(OC(F)F)ccc1NC(=O)N1CCC[C@@H](c2ccccc2)C1. The van der Waals surface area contributed by atoms with Crippen LogP contribution in [0.2, 0.25) is 0 Å². The fraction of sp³-hybridized carbons (Fsp3) is 0.350. The number of hydrogen-bond acceptors (Lipinski definition) is 2. The van der Waals surface area contributed by atoms with Crippen LogP contribution in [0.5, 0.6) is 5.75 Å². The van der Waals surface area contributed by atoms with Crippen LogP contribution in [0.1, 0.15) is 29.9 Å². The van der Waals surface area contributed by atoms with E-state index in [0.29, 0.717) is 30.3 Å². The van der Waals surface area contributed by atoms with Crippen LogP contribution < -0.4 is 10.1 Å². The third kappa shape index (κ3) is 4.50. The van der Waals surface area contributed by atoms with E-state index in [2.05, 4.69) is 22.2 Å². The largest absolute Gasteiger partial charge is 0.435 e. The molecule has 0 spiro atoms. The number of nitrogens with zero attached hydrogens (tertiary/aromatic N) is 1. The van der Waals surface area contributed by atoms with Crippen LogP contribution in [0.25, 0.3) is 0 Å². The Morgan fingerprint density at radius 1 is 1.23 bits per heavy atom. The highest BCUT2D eigenvalue weighted by molar-refractivity contribution is 5.90. The van der Waals surface area contributed by atoms with E-state index in [1.54, 1.807) is 13.0 Å². The first-order valence-electron chi connectivity index (χ1n) is 8.69. The number of likely N-dealkylation sites (tertiary alicyclic amines) is 1. The molecule has 1 heterocycles. The smallest absolute Gasteiger partial charge is 0.387 e. The third-order valence-corrected chi connectivity index (χ3v) is 4.64. The Labute approximate surface area is 151 Å². The molecule has 4 nitrogen and oxygen atoms in total. The van der Waals surface area contributed by atoms with E-state index in [0.717, 1.165) is 12.8 Å². The summed E-state index contributed by atoms with van der Waals surface area (Å²) in [6, 6.07) is 14.5. The standard InChI is InChI=1S/C20H22F2N2O2/c1-14-12-17(26-19(21)22)9-10-18(14)23-20(25)24-11-5-8-16(13-24)15-6-3-2-4-7-15/h2-4,6-7,9-10,12,16,19H,5,8,11,13H2,1H3,(H,23,25)/t16-/m1/s1. The van der Waals surface area contributed by atoms with Crippen molar-refractivity contribution < 1.29 is 18.3 Å². The molecule has 26 heavy (non-hydrogen) atoms. The van der Waals surface area contributed by atoms with E-state index in [9.17, 15) is 13.6 Å². The number of carbonyl (C=O) groups is 1. The van der Waals surface area contributed by atoms with E-state index in [4.69, 9.17) is 0 Å². The highest BCUT2D eigenvalue weighted by atomic mass is 19.3. The minimum atomic E-state index is -2.86. The number of amides is 2. The zero-order valence-electron chi connectivity index (χ0n) is 14.6. The molecule has 0 saturated carbocycles. The molecule has 0 aliphatic carbocycles. The fourth-order valence-electron chi connectivity index (χ4n) is 3.31. The summed E-state index contributed by atoms with van der Waals surface area (Å²) < 4.78 is 28.9. The summed E-state index contributed by atoms with van der Waals surface area (Å²) in [7, 11) is 0. The lowest BCUT2D eigenvalue weighted by Crippen LogP contribution is -2.41. The van der Waals surface area contributed by atoms with Gasteiger partial charge in [0.15, 0.2) is 0 Å². The Hall–Kier alpha value is -2.63. The maximum Gasteiger partial charge on any atom is 0.387 e. The van der Waals surface area contributed by atoms with Crippen molar-refractivity contribution in [1.82, 2.24) is 4.90 Å². The molecule has 2 aromatic rings. The van der Waals surface area contributed by atoms with Crippen molar-refractivity contribution in [2.75, 3.05) is 18.4 Å². The van der Waals surface area contributed by atoms with Gasteiger partial charge in [0.1, 0.15) is 5.75 Å². The Balaban J connectivity index is 1.64. The molecule has 3 rings (SSSR count). The van der Waals surface area contributed by atoms with Crippen LogP contribution in [0.4, 0.5) is 19.3 Å². The number of rotatable bonds is 4. The molecule has 0 bridgehead atoms. The normalized spacial score (nSPS) is 17.2. The molecule has 6 heteroatoms. The zero-order valence-corrected chi connectivity index (χ0v) is 14.6. The van der Waals surface area contributed by atoms with Gasteiger partial charge in [-0.2, -0.15) is 8.78 Å². The summed E-state index contributed by atoms with van der Waals surface area (Å²) in [6.07, 6.45) is 2.01. The zero-order chi connectivity index (χ0) is 18.5. The first kappa shape index (κ1) is 18.2. The number of halogens is 2. The van der Waals surface area contributed by atoms with Crippen molar-refractivity contribution in [3.8, 4) is 5.75 Å². The first-order chi connectivity index (χ1) is 12.5. The third-order valence-electron chi connectivity index (χ3n) is 4.64. The van der Waals surface area contributed by atoms with Gasteiger partial charge in [-0.05, 0) is 49.1 Å². The summed E-state index contributed by atoms with van der Waals surface area (Å²) in [5.74, 6) is 0.413. The number of urea groups is 1. The number of carbonyl (C=O) groups excluding carboxylic acids is 1. The van der Waals surface area contributed by atoms with Gasteiger partial charge in [0.25, 0.3) is 0 Å². The summed E-state index contributed by atoms with van der Waals surface area (Å²) in [5.41, 5.74) is 2.52. The maximum absolute atomic E-state index is 12.6. The van der Waals surface area contributed by atoms with Gasteiger partial charge in [-0.3, -0.25) is 0 Å². The van der Waals surface area contributed by atoms with Crippen LogP contribution in [0, 0.1) is 6.92 Å². The molecule has 1 fully saturated rings. The molecule has 1 aliphatic heterocycles. The van der Waals surface area contributed by atoms with Gasteiger partial charge in [-0.25, -0.2) is 4.79 Å². The second kappa shape index (κ2) is 8.17. The molecule has 2 aromatic carbocycles. The molecular formula is C20H22F2N2O2. The van der Waals surface area contributed by atoms with Crippen LogP contribution in [0.3, 0.4) is 0 Å². The van der Waals surface area contributed by atoms with E-state index in [1.807, 2.05) is 23.1 Å². The molecule has 1 N–H and O–H groups in total. The van der Waals surface area contributed by atoms with Crippen LogP contribution in [0.15, 0.2) is 48.5 Å². The van der Waals surface area contributed by atoms with Gasteiger partial charge in [-0.15, -0.1) is 0 Å². The summed E-state index contributed by atoms with van der Waals surface area (Å²) in [6.45, 7) is 0.261. The lowest BCUT2D eigenvalue weighted by Gasteiger charge is -2.33. The number of alkyl halides is 2. The van der Waals surface area contributed by atoms with Crippen LogP contribution in [-0.4, -0.2) is 30.6 Å². The number of hydrogen-bond donors (Lipinski definition) is 1. The molecule has 0 radical (unpaired) electrons. The predicted octanol–water partition coefficient (Wildman–Crippen LogP) is 5.01. The molecule has 2 amide bonds. The molecule has 0 unspecified atom stereocenters. The molecule has 1 saturated heterocycles. The second-order valence-electron chi connectivity index (χ2n) is 6.48. The van der Waals surface area contributed by atoms with E-state index in [1.165, 1.54) is 17.7 Å². The van der Waals surface area contributed by atoms with Crippen molar-refractivity contribution in [2.24, 2.45) is 0 Å². The molecule has 138 valence electrons.